The minimum absolute atomic E-state index is 0.177. The van der Waals surface area contributed by atoms with Crippen LogP contribution in [0, 0.1) is 0 Å². The number of carbonyl (C=O) groups excluding carboxylic acids is 1. The average molecular weight is 234 g/mol. The number of hydrogen-bond acceptors (Lipinski definition) is 3. The highest BCUT2D eigenvalue weighted by molar-refractivity contribution is 7.96. The van der Waals surface area contributed by atoms with Gasteiger partial charge in [0.05, 0.1) is 16.8 Å². The van der Waals surface area contributed by atoms with Gasteiger partial charge in [-0.25, -0.2) is 4.79 Å². The Labute approximate surface area is 99.9 Å². The van der Waals surface area contributed by atoms with Crippen LogP contribution in [0.15, 0.2) is 36.4 Å². The minimum atomic E-state index is -0.290. The highest BCUT2D eigenvalue weighted by Gasteiger charge is 2.40. The van der Waals surface area contributed by atoms with Crippen LogP contribution in [0.2, 0.25) is 0 Å². The number of rotatable bonds is 4. The van der Waals surface area contributed by atoms with E-state index < -0.39 is 0 Å². The summed E-state index contributed by atoms with van der Waals surface area (Å²) in [5.41, 5.74) is 1.00. The number of benzene rings is 1. The summed E-state index contributed by atoms with van der Waals surface area (Å²) in [4.78, 5) is 11.4. The molecule has 2 rings (SSSR count). The van der Waals surface area contributed by atoms with Crippen LogP contribution < -0.4 is 0 Å². The third-order valence-electron chi connectivity index (χ3n) is 2.49. The molecule has 1 fully saturated rings. The van der Waals surface area contributed by atoms with E-state index in [0.29, 0.717) is 0 Å². The van der Waals surface area contributed by atoms with E-state index >= 15 is 0 Å². The van der Waals surface area contributed by atoms with Crippen LogP contribution in [0.4, 0.5) is 0 Å². The molecule has 0 amide bonds. The van der Waals surface area contributed by atoms with Gasteiger partial charge in [-0.3, -0.25) is 0 Å². The molecule has 1 aliphatic carbocycles. The average Bonchev–Trinajstić information content (AvgIpc) is 3.04. The first-order valence-electron chi connectivity index (χ1n) is 5.31. The van der Waals surface area contributed by atoms with E-state index in [2.05, 4.69) is 6.92 Å². The Balaban J connectivity index is 1.80. The smallest absolute Gasteiger partial charge is 0.342 e. The minimum Gasteiger partial charge on any atom is -0.388 e. The van der Waals surface area contributed by atoms with Crippen molar-refractivity contribution in [1.82, 2.24) is 0 Å². The second kappa shape index (κ2) is 4.74. The van der Waals surface area contributed by atoms with Crippen LogP contribution in [-0.4, -0.2) is 10.7 Å². The van der Waals surface area contributed by atoms with Crippen LogP contribution in [0.5, 0.6) is 0 Å². The van der Waals surface area contributed by atoms with E-state index in [1.54, 1.807) is 6.08 Å². The monoisotopic (exact) mass is 234 g/mol. The lowest BCUT2D eigenvalue weighted by atomic mass is 10.2. The fraction of sp³-hybridized carbons (Fsp3) is 0.308. The second-order valence-corrected chi connectivity index (χ2v) is 5.50. The third-order valence-corrected chi connectivity index (χ3v) is 3.55. The molecule has 0 saturated heterocycles. The van der Waals surface area contributed by atoms with E-state index in [-0.39, 0.29) is 10.7 Å². The van der Waals surface area contributed by atoms with Crippen molar-refractivity contribution in [2.75, 3.05) is 0 Å². The number of carbonyl (C=O) groups is 1. The lowest BCUT2D eigenvalue weighted by molar-refractivity contribution is -0.127. The maximum atomic E-state index is 11.4. The zero-order chi connectivity index (χ0) is 11.4. The molecule has 0 radical (unpaired) electrons. The van der Waals surface area contributed by atoms with Crippen molar-refractivity contribution in [3.05, 3.63) is 42.0 Å². The van der Waals surface area contributed by atoms with Crippen LogP contribution in [0.25, 0.3) is 6.08 Å². The summed E-state index contributed by atoms with van der Waals surface area (Å²) in [7, 11) is 0. The molecule has 0 spiro atoms. The van der Waals surface area contributed by atoms with Crippen molar-refractivity contribution >= 4 is 24.1 Å². The predicted octanol–water partition coefficient (Wildman–Crippen LogP) is 3.44. The van der Waals surface area contributed by atoms with Gasteiger partial charge in [-0.1, -0.05) is 30.3 Å². The summed E-state index contributed by atoms with van der Waals surface area (Å²) in [6.45, 7) is 2.10. The molecule has 3 heteroatoms. The van der Waals surface area contributed by atoms with Gasteiger partial charge in [-0.2, -0.15) is 0 Å². The van der Waals surface area contributed by atoms with Crippen molar-refractivity contribution in [3.8, 4) is 0 Å². The van der Waals surface area contributed by atoms with Crippen molar-refractivity contribution in [2.24, 2.45) is 0 Å². The van der Waals surface area contributed by atoms with Gasteiger partial charge in [-0.05, 0) is 31.4 Å². The maximum absolute atomic E-state index is 11.4. The van der Waals surface area contributed by atoms with E-state index in [1.165, 1.54) is 18.1 Å². The van der Waals surface area contributed by atoms with E-state index in [1.807, 2.05) is 30.3 Å². The molecule has 16 heavy (non-hydrogen) atoms. The molecular formula is C13H14O2S. The molecule has 0 aliphatic heterocycles. The summed E-state index contributed by atoms with van der Waals surface area (Å²) in [6.07, 6.45) is 5.49. The van der Waals surface area contributed by atoms with Gasteiger partial charge in [0.25, 0.3) is 0 Å². The van der Waals surface area contributed by atoms with Gasteiger partial charge in [0.2, 0.25) is 0 Å². The van der Waals surface area contributed by atoms with E-state index in [9.17, 15) is 4.79 Å². The molecule has 1 aromatic carbocycles. The van der Waals surface area contributed by atoms with Gasteiger partial charge in [0, 0.05) is 6.08 Å². The lowest BCUT2D eigenvalue weighted by Gasteiger charge is -2.04. The summed E-state index contributed by atoms with van der Waals surface area (Å²) in [5, 5.41) is 0. The Hall–Kier alpha value is -1.22. The van der Waals surface area contributed by atoms with Crippen molar-refractivity contribution in [3.63, 3.8) is 0 Å². The molecule has 0 atom stereocenters. The highest BCUT2D eigenvalue weighted by Crippen LogP contribution is 2.48. The van der Waals surface area contributed by atoms with Crippen molar-refractivity contribution < 1.29 is 8.98 Å². The zero-order valence-corrected chi connectivity index (χ0v) is 10.00. The summed E-state index contributed by atoms with van der Waals surface area (Å²) < 4.78 is 5.26. The fourth-order valence-corrected chi connectivity index (χ4v) is 1.76. The first-order valence-corrected chi connectivity index (χ1v) is 6.05. The largest absolute Gasteiger partial charge is 0.388 e. The van der Waals surface area contributed by atoms with Gasteiger partial charge < -0.3 is 4.18 Å². The highest BCUT2D eigenvalue weighted by atomic mass is 32.2. The van der Waals surface area contributed by atoms with E-state index in [4.69, 9.17) is 4.18 Å². The SMILES string of the molecule is CC1(SOC(=O)C=Cc2ccccc2)CC1. The predicted molar refractivity (Wildman–Crippen MR) is 66.8 cm³/mol. The maximum Gasteiger partial charge on any atom is 0.342 e. The quantitative estimate of drug-likeness (QED) is 0.589. The lowest BCUT2D eigenvalue weighted by Crippen LogP contribution is -2.00. The molecule has 1 aliphatic rings. The molecule has 0 heterocycles. The molecule has 2 nitrogen and oxygen atoms in total. The molecular weight excluding hydrogens is 220 g/mol. The molecule has 0 bridgehead atoms. The van der Waals surface area contributed by atoms with Crippen LogP contribution >= 0.6 is 12.0 Å². The van der Waals surface area contributed by atoms with Gasteiger partial charge in [0.15, 0.2) is 0 Å². The number of hydrogen-bond donors (Lipinski definition) is 0. The normalized spacial score (nSPS) is 17.3. The Morgan fingerprint density at radius 3 is 2.69 bits per heavy atom. The Kier molecular flexibility index (Phi) is 3.34. The molecule has 0 N–H and O–H groups in total. The van der Waals surface area contributed by atoms with Crippen molar-refractivity contribution in [1.29, 1.82) is 0 Å². The van der Waals surface area contributed by atoms with E-state index in [0.717, 1.165) is 18.4 Å². The van der Waals surface area contributed by atoms with Crippen LogP contribution in [-0.2, 0) is 8.98 Å². The van der Waals surface area contributed by atoms with Crippen LogP contribution in [0.3, 0.4) is 0 Å². The topological polar surface area (TPSA) is 26.3 Å². The molecule has 84 valence electrons. The van der Waals surface area contributed by atoms with Gasteiger partial charge in [0.1, 0.15) is 0 Å². The Morgan fingerprint density at radius 2 is 2.06 bits per heavy atom. The molecule has 1 aromatic rings. The Bertz CT molecular complexity index is 394. The standard InChI is InChI=1S/C13H14O2S/c1-13(9-10-13)16-15-12(14)8-7-11-5-3-2-4-6-11/h2-8H,9-10H2,1H3. The first-order chi connectivity index (χ1) is 7.68. The van der Waals surface area contributed by atoms with Crippen LogP contribution in [0.1, 0.15) is 25.3 Å². The molecule has 1 saturated carbocycles. The summed E-state index contributed by atoms with van der Waals surface area (Å²) in [5.74, 6) is -0.290. The Morgan fingerprint density at radius 1 is 1.38 bits per heavy atom. The second-order valence-electron chi connectivity index (χ2n) is 4.18. The summed E-state index contributed by atoms with van der Waals surface area (Å²) in [6, 6.07) is 9.70. The third kappa shape index (κ3) is 3.42. The molecule has 0 aromatic heterocycles. The van der Waals surface area contributed by atoms with Gasteiger partial charge >= 0.3 is 5.97 Å². The molecule has 0 unspecified atom stereocenters. The van der Waals surface area contributed by atoms with Crippen molar-refractivity contribution in [2.45, 2.75) is 24.5 Å². The first kappa shape index (κ1) is 11.3. The van der Waals surface area contributed by atoms with Gasteiger partial charge in [-0.15, -0.1) is 0 Å². The zero-order valence-electron chi connectivity index (χ0n) is 9.18. The fourth-order valence-electron chi connectivity index (χ4n) is 1.16. The summed E-state index contributed by atoms with van der Waals surface area (Å²) >= 11 is 1.29.